The number of rotatable bonds is 8. The van der Waals surface area contributed by atoms with E-state index < -0.39 is 23.9 Å². The van der Waals surface area contributed by atoms with Gasteiger partial charge in [0.25, 0.3) is 11.8 Å². The van der Waals surface area contributed by atoms with E-state index in [0.29, 0.717) is 29.6 Å². The number of aromatic nitrogens is 2. The molecule has 2 aromatic carbocycles. The van der Waals surface area contributed by atoms with E-state index in [1.54, 1.807) is 36.4 Å². The smallest absolute Gasteiger partial charge is 0.494 e. The van der Waals surface area contributed by atoms with Crippen LogP contribution in [0.1, 0.15) is 12.8 Å². The molecule has 4 amide bonds. The van der Waals surface area contributed by atoms with Gasteiger partial charge in [0.2, 0.25) is 5.82 Å². The lowest BCUT2D eigenvalue weighted by atomic mass is 9.97. The molecule has 3 aliphatic rings. The number of carbonyl (C=O) groups is 3. The van der Waals surface area contributed by atoms with Gasteiger partial charge in [-0.1, -0.05) is 35.5 Å². The summed E-state index contributed by atoms with van der Waals surface area (Å²) in [6, 6.07) is 15.3. The minimum Gasteiger partial charge on any atom is -0.494 e. The molecule has 1 fully saturated rings. The highest BCUT2D eigenvalue weighted by Crippen LogP contribution is 2.29. The number of urea groups is 1. The Morgan fingerprint density at radius 3 is 2.73 bits per heavy atom. The molecule has 0 radical (unpaired) electrons. The average molecular weight is 543 g/mol. The van der Waals surface area contributed by atoms with Gasteiger partial charge in [-0.2, -0.15) is 14.4 Å². The highest BCUT2D eigenvalue weighted by molar-refractivity contribution is 6.29. The van der Waals surface area contributed by atoms with E-state index >= 15 is 0 Å². The largest absolute Gasteiger partial charge is 0.502 e. The molecule has 1 saturated heterocycles. The highest BCUT2D eigenvalue weighted by atomic mass is 16.7. The summed E-state index contributed by atoms with van der Waals surface area (Å²) in [6.07, 6.45) is 2.58. The molecule has 0 bridgehead atoms. The maximum atomic E-state index is 13.7. The molecule has 1 atom stereocenters. The van der Waals surface area contributed by atoms with Gasteiger partial charge in [-0.15, -0.1) is 4.90 Å². The Bertz CT molecular complexity index is 1570. The summed E-state index contributed by atoms with van der Waals surface area (Å²) in [4.78, 5) is 45.5. The van der Waals surface area contributed by atoms with Crippen LogP contribution in [0.15, 0.2) is 82.6 Å². The van der Waals surface area contributed by atoms with Gasteiger partial charge in [0.05, 0.1) is 6.61 Å². The molecule has 0 spiro atoms. The number of carbonyl (C=O) groups excluding carboxylic acids is 3. The third-order valence-electron chi connectivity index (χ3n) is 6.40. The van der Waals surface area contributed by atoms with Crippen LogP contribution in [0.25, 0.3) is 11.4 Å². The molecule has 2 aliphatic heterocycles. The first-order valence-corrected chi connectivity index (χ1v) is 12.6. The SMILES string of the molecule is CCOc1ccc(NC(=O)C[N+]2=C3C=C4OCOC4C=C3C(=O)N(Cc3nc(-c4ccccc4)no3)C2=O)cc1. The molecule has 40 heavy (non-hydrogen) atoms. The first-order chi connectivity index (χ1) is 19.5. The van der Waals surface area contributed by atoms with Crippen molar-refractivity contribution in [3.05, 3.63) is 84.0 Å². The lowest BCUT2D eigenvalue weighted by molar-refractivity contribution is -0.424. The second-order valence-corrected chi connectivity index (χ2v) is 9.01. The topological polar surface area (TPSA) is 136 Å². The second-order valence-electron chi connectivity index (χ2n) is 9.01. The fourth-order valence-electron chi connectivity index (χ4n) is 4.52. The van der Waals surface area contributed by atoms with Gasteiger partial charge in [-0.25, -0.2) is 4.79 Å². The van der Waals surface area contributed by atoms with Crippen molar-refractivity contribution in [2.24, 2.45) is 0 Å². The molecular formula is C28H24N5O7+. The molecule has 1 aromatic heterocycles. The third kappa shape index (κ3) is 4.87. The maximum absolute atomic E-state index is 13.7. The number of ether oxygens (including phenoxy) is 3. The number of nitrogens with one attached hydrogen (secondary N) is 1. The monoisotopic (exact) mass is 542 g/mol. The summed E-state index contributed by atoms with van der Waals surface area (Å²) >= 11 is 0. The maximum Gasteiger partial charge on any atom is 0.502 e. The number of hydrogen-bond acceptors (Lipinski definition) is 9. The number of imide groups is 1. The summed E-state index contributed by atoms with van der Waals surface area (Å²) in [5.74, 6) is 0.475. The molecule has 1 aliphatic carbocycles. The van der Waals surface area contributed by atoms with Gasteiger partial charge in [-0.05, 0) is 37.3 Å². The average Bonchev–Trinajstić information content (AvgIpc) is 3.64. The number of amides is 4. The van der Waals surface area contributed by atoms with E-state index in [4.69, 9.17) is 18.7 Å². The first kappa shape index (κ1) is 25.2. The predicted octanol–water partition coefficient (Wildman–Crippen LogP) is 2.89. The lowest BCUT2D eigenvalue weighted by Gasteiger charge is -2.24. The van der Waals surface area contributed by atoms with Crippen LogP contribution >= 0.6 is 0 Å². The van der Waals surface area contributed by atoms with Gasteiger partial charge < -0.3 is 24.1 Å². The predicted molar refractivity (Wildman–Crippen MR) is 139 cm³/mol. The minimum absolute atomic E-state index is 0.0158. The van der Waals surface area contributed by atoms with Crippen LogP contribution in [0.2, 0.25) is 0 Å². The zero-order valence-electron chi connectivity index (χ0n) is 21.4. The zero-order chi connectivity index (χ0) is 27.6. The lowest BCUT2D eigenvalue weighted by Crippen LogP contribution is -2.53. The van der Waals surface area contributed by atoms with Crippen molar-refractivity contribution >= 4 is 29.2 Å². The highest BCUT2D eigenvalue weighted by Gasteiger charge is 2.48. The van der Waals surface area contributed by atoms with Crippen LogP contribution in [0.3, 0.4) is 0 Å². The Labute approximate surface area is 228 Å². The van der Waals surface area contributed by atoms with Crippen molar-refractivity contribution in [3.63, 3.8) is 0 Å². The van der Waals surface area contributed by atoms with Crippen molar-refractivity contribution in [3.8, 4) is 17.1 Å². The van der Waals surface area contributed by atoms with Crippen LogP contribution in [-0.2, 0) is 25.6 Å². The van der Waals surface area contributed by atoms with Gasteiger partial charge in [0, 0.05) is 17.3 Å². The Hall–Kier alpha value is -5.10. The van der Waals surface area contributed by atoms with Crippen LogP contribution in [0, 0.1) is 0 Å². The summed E-state index contributed by atoms with van der Waals surface area (Å²) in [7, 11) is 0. The normalized spacial score (nSPS) is 18.0. The summed E-state index contributed by atoms with van der Waals surface area (Å²) in [5, 5.41) is 6.75. The van der Waals surface area contributed by atoms with Gasteiger partial charge >= 0.3 is 11.9 Å². The number of allylic oxidation sites excluding steroid dienone is 1. The van der Waals surface area contributed by atoms with Gasteiger partial charge in [0.1, 0.15) is 28.9 Å². The molecule has 12 heteroatoms. The molecular weight excluding hydrogens is 518 g/mol. The van der Waals surface area contributed by atoms with Crippen molar-refractivity contribution in [2.75, 3.05) is 25.3 Å². The van der Waals surface area contributed by atoms with E-state index in [0.717, 1.165) is 10.5 Å². The van der Waals surface area contributed by atoms with Gasteiger partial charge in [0.15, 0.2) is 19.9 Å². The molecule has 6 rings (SSSR count). The molecule has 1 unspecified atom stereocenters. The van der Waals surface area contributed by atoms with Crippen molar-refractivity contribution in [1.29, 1.82) is 0 Å². The summed E-state index contributed by atoms with van der Waals surface area (Å²) in [6.45, 7) is 1.77. The van der Waals surface area contributed by atoms with E-state index in [1.165, 1.54) is 4.58 Å². The van der Waals surface area contributed by atoms with Crippen molar-refractivity contribution < 1.29 is 37.7 Å². The Kier molecular flexibility index (Phi) is 6.66. The van der Waals surface area contributed by atoms with E-state index in [-0.39, 0.29) is 37.1 Å². The molecule has 12 nitrogen and oxygen atoms in total. The quantitative estimate of drug-likeness (QED) is 0.426. The van der Waals surface area contributed by atoms with E-state index in [2.05, 4.69) is 15.5 Å². The number of fused-ring (bicyclic) bond motifs is 2. The molecule has 3 aromatic rings. The zero-order valence-corrected chi connectivity index (χ0v) is 21.4. The van der Waals surface area contributed by atoms with E-state index in [9.17, 15) is 14.4 Å². The Balaban J connectivity index is 1.28. The Morgan fingerprint density at radius 1 is 1.15 bits per heavy atom. The number of benzene rings is 2. The first-order valence-electron chi connectivity index (χ1n) is 12.6. The summed E-state index contributed by atoms with van der Waals surface area (Å²) < 4.78 is 23.0. The van der Waals surface area contributed by atoms with Crippen LogP contribution < -0.4 is 10.1 Å². The van der Waals surface area contributed by atoms with Crippen LogP contribution in [0.5, 0.6) is 5.75 Å². The van der Waals surface area contributed by atoms with Crippen LogP contribution in [0.4, 0.5) is 10.5 Å². The van der Waals surface area contributed by atoms with Gasteiger partial charge in [-0.3, -0.25) is 4.79 Å². The van der Waals surface area contributed by atoms with Crippen molar-refractivity contribution in [2.45, 2.75) is 19.6 Å². The molecule has 1 N–H and O–H groups in total. The third-order valence-corrected chi connectivity index (χ3v) is 6.40. The second kappa shape index (κ2) is 10.6. The standard InChI is InChI=1S/C28H23N5O7/c1-2-37-19-10-8-18(9-11-19)29-24(34)14-32-21-13-23-22(38-16-39-23)12-20(21)27(35)33(28(32)36)15-25-30-26(31-40-25)17-6-4-3-5-7-17/h3-13,22H,2,14-16H2,1H3/p+1. The molecule has 202 valence electrons. The molecule has 3 heterocycles. The molecule has 0 saturated carbocycles. The van der Waals surface area contributed by atoms with Crippen LogP contribution in [-0.4, -0.2) is 69.2 Å². The number of hydrogen-bond donors (Lipinski definition) is 1. The number of anilines is 1. The van der Waals surface area contributed by atoms with Crippen molar-refractivity contribution in [1.82, 2.24) is 15.0 Å². The Morgan fingerprint density at radius 2 is 1.95 bits per heavy atom. The van der Waals surface area contributed by atoms with E-state index in [1.807, 2.05) is 37.3 Å². The number of nitrogens with zero attached hydrogens (tertiary/aromatic N) is 4. The fraction of sp³-hybridized carbons (Fsp3) is 0.214. The summed E-state index contributed by atoms with van der Waals surface area (Å²) in [5.41, 5.74) is 1.71. The minimum atomic E-state index is -0.715. The fourth-order valence-corrected chi connectivity index (χ4v) is 4.52.